The fourth-order valence-electron chi connectivity index (χ4n) is 2.69. The molecule has 2 aromatic carbocycles. The van der Waals surface area contributed by atoms with E-state index in [1.165, 1.54) is 21.7 Å². The van der Waals surface area contributed by atoms with Crippen molar-refractivity contribution >= 4 is 32.8 Å². The summed E-state index contributed by atoms with van der Waals surface area (Å²) >= 11 is 0. The first-order valence-corrected chi connectivity index (χ1v) is 6.28. The molecule has 0 radical (unpaired) electrons. The Kier molecular flexibility index (Phi) is 1.84. The molecule has 0 aliphatic carbocycles. The van der Waals surface area contributed by atoms with Crippen LogP contribution in [0, 0.1) is 0 Å². The van der Waals surface area contributed by atoms with Crippen LogP contribution in [0.25, 0.3) is 32.8 Å². The van der Waals surface area contributed by atoms with Crippen molar-refractivity contribution in [2.45, 2.75) is 13.3 Å². The van der Waals surface area contributed by atoms with Gasteiger partial charge in [-0.2, -0.15) is 0 Å². The number of aromatic nitrogens is 1. The summed E-state index contributed by atoms with van der Waals surface area (Å²) in [4.78, 5) is 3.32. The second kappa shape index (κ2) is 3.39. The van der Waals surface area contributed by atoms with E-state index in [1.54, 1.807) is 0 Å². The predicted octanol–water partition coefficient (Wildman–Crippen LogP) is 4.63. The van der Waals surface area contributed by atoms with E-state index in [0.29, 0.717) is 0 Å². The molecular weight excluding hydrogens is 222 g/mol. The molecule has 4 rings (SSSR count). The van der Waals surface area contributed by atoms with E-state index >= 15 is 0 Å². The van der Waals surface area contributed by atoms with Gasteiger partial charge in [-0.15, -0.1) is 0 Å². The maximum Gasteiger partial charge on any atom is 0.137 e. The van der Waals surface area contributed by atoms with Gasteiger partial charge in [0, 0.05) is 33.9 Å². The zero-order chi connectivity index (χ0) is 12.1. The standard InChI is InChI=1S/C16H13NO/c1-2-10-9-17-14-8-16-13(7-12(10)14)11-5-3-4-6-15(11)18-16/h3-9,17H,2H2,1H3. The van der Waals surface area contributed by atoms with Gasteiger partial charge in [-0.05, 0) is 24.1 Å². The molecule has 1 N–H and O–H groups in total. The summed E-state index contributed by atoms with van der Waals surface area (Å²) in [7, 11) is 0. The molecule has 2 aromatic heterocycles. The smallest absolute Gasteiger partial charge is 0.137 e. The van der Waals surface area contributed by atoms with Crippen molar-refractivity contribution < 1.29 is 4.42 Å². The number of benzene rings is 2. The van der Waals surface area contributed by atoms with Gasteiger partial charge in [-0.25, -0.2) is 0 Å². The molecule has 2 heterocycles. The predicted molar refractivity (Wildman–Crippen MR) is 75.0 cm³/mol. The minimum atomic E-state index is 0.952. The molecule has 0 spiro atoms. The zero-order valence-electron chi connectivity index (χ0n) is 10.2. The highest BCUT2D eigenvalue weighted by atomic mass is 16.3. The Labute approximate surface area is 104 Å². The highest BCUT2D eigenvalue weighted by molar-refractivity contribution is 6.10. The molecule has 0 amide bonds. The molecule has 0 bridgehead atoms. The van der Waals surface area contributed by atoms with Crippen molar-refractivity contribution in [1.82, 2.24) is 4.98 Å². The summed E-state index contributed by atoms with van der Waals surface area (Å²) in [6.07, 6.45) is 3.13. The Morgan fingerprint density at radius 3 is 2.78 bits per heavy atom. The minimum absolute atomic E-state index is 0.952. The van der Waals surface area contributed by atoms with Gasteiger partial charge < -0.3 is 9.40 Å². The molecule has 4 aromatic rings. The third kappa shape index (κ3) is 1.17. The monoisotopic (exact) mass is 235 g/mol. The molecule has 0 saturated heterocycles. The second-order valence-electron chi connectivity index (χ2n) is 4.66. The van der Waals surface area contributed by atoms with Crippen molar-refractivity contribution in [1.29, 1.82) is 0 Å². The number of hydrogen-bond donors (Lipinski definition) is 1. The summed E-state index contributed by atoms with van der Waals surface area (Å²) < 4.78 is 5.88. The van der Waals surface area contributed by atoms with E-state index in [2.05, 4.69) is 42.4 Å². The van der Waals surface area contributed by atoms with Gasteiger partial charge in [0.05, 0.1) is 0 Å². The fourth-order valence-corrected chi connectivity index (χ4v) is 2.69. The number of rotatable bonds is 1. The Balaban J connectivity index is 2.22. The van der Waals surface area contributed by atoms with E-state index in [9.17, 15) is 0 Å². The van der Waals surface area contributed by atoms with Crippen molar-refractivity contribution in [3.63, 3.8) is 0 Å². The molecule has 0 aliphatic rings. The van der Waals surface area contributed by atoms with Crippen LogP contribution in [0.3, 0.4) is 0 Å². The van der Waals surface area contributed by atoms with Crippen LogP contribution in [0.15, 0.2) is 47.0 Å². The van der Waals surface area contributed by atoms with Crippen molar-refractivity contribution in [3.8, 4) is 0 Å². The molecule has 0 atom stereocenters. The van der Waals surface area contributed by atoms with E-state index < -0.39 is 0 Å². The van der Waals surface area contributed by atoms with E-state index in [1.807, 2.05) is 12.1 Å². The second-order valence-corrected chi connectivity index (χ2v) is 4.66. The number of H-pyrrole nitrogens is 1. The topological polar surface area (TPSA) is 28.9 Å². The molecule has 88 valence electrons. The van der Waals surface area contributed by atoms with Crippen LogP contribution in [0.1, 0.15) is 12.5 Å². The van der Waals surface area contributed by atoms with Crippen molar-refractivity contribution in [2.75, 3.05) is 0 Å². The molecular formula is C16H13NO. The summed E-state index contributed by atoms with van der Waals surface area (Å²) in [5.74, 6) is 0. The van der Waals surface area contributed by atoms with Gasteiger partial charge in [0.2, 0.25) is 0 Å². The zero-order valence-corrected chi connectivity index (χ0v) is 10.2. The maximum atomic E-state index is 5.88. The molecule has 2 heteroatoms. The lowest BCUT2D eigenvalue weighted by atomic mass is 10.1. The third-order valence-electron chi connectivity index (χ3n) is 3.65. The number of aryl methyl sites for hydroxylation is 1. The minimum Gasteiger partial charge on any atom is -0.456 e. The lowest BCUT2D eigenvalue weighted by Crippen LogP contribution is -1.75. The summed E-state index contributed by atoms with van der Waals surface area (Å²) in [5, 5.41) is 3.70. The highest BCUT2D eigenvalue weighted by Gasteiger charge is 2.10. The van der Waals surface area contributed by atoms with Crippen LogP contribution in [-0.4, -0.2) is 4.98 Å². The Morgan fingerprint density at radius 2 is 1.89 bits per heavy atom. The Bertz CT molecular complexity index is 867. The molecule has 0 aliphatic heterocycles. The lowest BCUT2D eigenvalue weighted by molar-refractivity contribution is 0.669. The van der Waals surface area contributed by atoms with Crippen molar-refractivity contribution in [2.24, 2.45) is 0 Å². The quantitative estimate of drug-likeness (QED) is 0.512. The van der Waals surface area contributed by atoms with Crippen LogP contribution in [-0.2, 0) is 6.42 Å². The van der Waals surface area contributed by atoms with Crippen LogP contribution < -0.4 is 0 Å². The van der Waals surface area contributed by atoms with Gasteiger partial charge >= 0.3 is 0 Å². The third-order valence-corrected chi connectivity index (χ3v) is 3.65. The summed E-state index contributed by atoms with van der Waals surface area (Å²) in [5.41, 5.74) is 4.42. The van der Waals surface area contributed by atoms with E-state index in [4.69, 9.17) is 4.42 Å². The first kappa shape index (κ1) is 9.77. The van der Waals surface area contributed by atoms with Crippen molar-refractivity contribution in [3.05, 3.63) is 48.2 Å². The largest absolute Gasteiger partial charge is 0.456 e. The van der Waals surface area contributed by atoms with Gasteiger partial charge in [0.1, 0.15) is 11.2 Å². The van der Waals surface area contributed by atoms with Gasteiger partial charge in [0.15, 0.2) is 0 Å². The highest BCUT2D eigenvalue weighted by Crippen LogP contribution is 2.32. The van der Waals surface area contributed by atoms with E-state index in [0.717, 1.165) is 23.1 Å². The first-order chi connectivity index (χ1) is 8.86. The molecule has 18 heavy (non-hydrogen) atoms. The average molecular weight is 235 g/mol. The number of para-hydroxylation sites is 1. The number of hydrogen-bond acceptors (Lipinski definition) is 1. The number of furan rings is 1. The molecule has 0 fully saturated rings. The van der Waals surface area contributed by atoms with Gasteiger partial charge in [-0.3, -0.25) is 0 Å². The molecule has 2 nitrogen and oxygen atoms in total. The molecule has 0 unspecified atom stereocenters. The van der Waals surface area contributed by atoms with E-state index in [-0.39, 0.29) is 0 Å². The number of fused-ring (bicyclic) bond motifs is 4. The van der Waals surface area contributed by atoms with Crippen LogP contribution >= 0.6 is 0 Å². The Hall–Kier alpha value is -2.22. The van der Waals surface area contributed by atoms with Gasteiger partial charge in [0.25, 0.3) is 0 Å². The Morgan fingerprint density at radius 1 is 1.00 bits per heavy atom. The van der Waals surface area contributed by atoms with Crippen LogP contribution in [0.2, 0.25) is 0 Å². The first-order valence-electron chi connectivity index (χ1n) is 6.28. The van der Waals surface area contributed by atoms with Crippen LogP contribution in [0.4, 0.5) is 0 Å². The van der Waals surface area contributed by atoms with Crippen LogP contribution in [0.5, 0.6) is 0 Å². The van der Waals surface area contributed by atoms with Gasteiger partial charge in [-0.1, -0.05) is 25.1 Å². The normalized spacial score (nSPS) is 11.8. The number of nitrogens with one attached hydrogen (secondary N) is 1. The maximum absolute atomic E-state index is 5.88. The average Bonchev–Trinajstić information content (AvgIpc) is 2.96. The fraction of sp³-hybridized carbons (Fsp3) is 0.125. The number of aromatic amines is 1. The summed E-state index contributed by atoms with van der Waals surface area (Å²) in [6, 6.07) is 12.5. The molecule has 0 saturated carbocycles. The summed E-state index contributed by atoms with van der Waals surface area (Å²) in [6.45, 7) is 2.18. The SMILES string of the molecule is CCc1c[nH]c2cc3oc4ccccc4c3cc12. The lowest BCUT2D eigenvalue weighted by Gasteiger charge is -1.94.